The first-order chi connectivity index (χ1) is 16.4. The standard InChI is InChI=1S/C28H36N2O5/c1-27(2,3)15-14-23(24(31)32)30-25(33)28(4,5)17-29-26(34)35-16-22-20-12-8-6-10-18(20)19-11-7-9-13-21(19)22/h6-13,22-23H,14-17H2,1-5H3,(H,29,34)(H,30,33)(H,31,32). The zero-order valence-corrected chi connectivity index (χ0v) is 21.2. The second kappa shape index (κ2) is 10.5. The Labute approximate surface area is 207 Å². The van der Waals surface area contributed by atoms with Crippen LogP contribution in [-0.2, 0) is 14.3 Å². The Balaban J connectivity index is 1.54. The van der Waals surface area contributed by atoms with Gasteiger partial charge in [0.2, 0.25) is 5.91 Å². The number of aliphatic carboxylic acids is 1. The third-order valence-electron chi connectivity index (χ3n) is 6.42. The number of nitrogens with one attached hydrogen (secondary N) is 2. The number of carboxylic acids is 1. The Morgan fingerprint density at radius 1 is 0.943 bits per heavy atom. The van der Waals surface area contributed by atoms with Gasteiger partial charge in [0.05, 0.1) is 5.41 Å². The fourth-order valence-electron chi connectivity index (χ4n) is 4.21. The highest BCUT2D eigenvalue weighted by atomic mass is 16.5. The number of carboxylic acid groups (broad SMARTS) is 1. The lowest BCUT2D eigenvalue weighted by atomic mass is 9.87. The lowest BCUT2D eigenvalue weighted by molar-refractivity contribution is -0.143. The lowest BCUT2D eigenvalue weighted by Gasteiger charge is -2.27. The average molecular weight is 481 g/mol. The predicted molar refractivity (Wildman–Crippen MR) is 135 cm³/mol. The van der Waals surface area contributed by atoms with Gasteiger partial charge in [-0.15, -0.1) is 0 Å². The highest BCUT2D eigenvalue weighted by Gasteiger charge is 2.33. The molecule has 7 heteroatoms. The van der Waals surface area contributed by atoms with Crippen LogP contribution in [0.1, 0.15) is 64.5 Å². The summed E-state index contributed by atoms with van der Waals surface area (Å²) < 4.78 is 5.53. The number of alkyl carbamates (subject to hydrolysis) is 1. The first kappa shape index (κ1) is 26.3. The average Bonchev–Trinajstić information content (AvgIpc) is 3.12. The van der Waals surface area contributed by atoms with Gasteiger partial charge in [0.15, 0.2) is 0 Å². The van der Waals surface area contributed by atoms with Crippen molar-refractivity contribution in [2.45, 2.75) is 59.4 Å². The van der Waals surface area contributed by atoms with Crippen LogP contribution >= 0.6 is 0 Å². The molecule has 0 saturated heterocycles. The van der Waals surface area contributed by atoms with Crippen molar-refractivity contribution < 1.29 is 24.2 Å². The highest BCUT2D eigenvalue weighted by Crippen LogP contribution is 2.44. The van der Waals surface area contributed by atoms with Crippen molar-refractivity contribution in [1.82, 2.24) is 10.6 Å². The molecule has 0 spiro atoms. The summed E-state index contributed by atoms with van der Waals surface area (Å²) in [5.74, 6) is -1.55. The molecular formula is C28H36N2O5. The first-order valence-electron chi connectivity index (χ1n) is 12.0. The van der Waals surface area contributed by atoms with Gasteiger partial charge < -0.3 is 20.5 Å². The maximum atomic E-state index is 12.8. The van der Waals surface area contributed by atoms with Crippen LogP contribution in [0.3, 0.4) is 0 Å². The number of hydrogen-bond donors (Lipinski definition) is 3. The number of ether oxygens (including phenoxy) is 1. The Morgan fingerprint density at radius 2 is 1.49 bits per heavy atom. The monoisotopic (exact) mass is 480 g/mol. The van der Waals surface area contributed by atoms with Gasteiger partial charge >= 0.3 is 12.1 Å². The molecule has 1 unspecified atom stereocenters. The molecule has 1 aliphatic carbocycles. The molecule has 0 aliphatic heterocycles. The van der Waals surface area contributed by atoms with Gasteiger partial charge in [-0.05, 0) is 54.4 Å². The minimum absolute atomic E-state index is 0.0150. The third kappa shape index (κ3) is 6.62. The van der Waals surface area contributed by atoms with Crippen molar-refractivity contribution >= 4 is 18.0 Å². The van der Waals surface area contributed by atoms with Gasteiger partial charge in [-0.25, -0.2) is 9.59 Å². The zero-order valence-electron chi connectivity index (χ0n) is 21.2. The molecule has 0 radical (unpaired) electrons. The van der Waals surface area contributed by atoms with Gasteiger partial charge in [-0.2, -0.15) is 0 Å². The maximum absolute atomic E-state index is 12.8. The van der Waals surface area contributed by atoms with Crippen LogP contribution in [0.4, 0.5) is 4.79 Å². The van der Waals surface area contributed by atoms with E-state index in [9.17, 15) is 19.5 Å². The minimum Gasteiger partial charge on any atom is -0.480 e. The van der Waals surface area contributed by atoms with E-state index in [1.54, 1.807) is 13.8 Å². The van der Waals surface area contributed by atoms with Crippen molar-refractivity contribution in [2.24, 2.45) is 10.8 Å². The van der Waals surface area contributed by atoms with Crippen LogP contribution in [0.15, 0.2) is 48.5 Å². The summed E-state index contributed by atoms with van der Waals surface area (Å²) in [4.78, 5) is 36.9. The molecule has 0 heterocycles. The van der Waals surface area contributed by atoms with Crippen LogP contribution in [0.2, 0.25) is 0 Å². The molecule has 7 nitrogen and oxygen atoms in total. The van der Waals surface area contributed by atoms with Crippen LogP contribution in [0, 0.1) is 10.8 Å². The lowest BCUT2D eigenvalue weighted by Crippen LogP contribution is -2.50. The molecule has 0 bridgehead atoms. The molecule has 188 valence electrons. The summed E-state index contributed by atoms with van der Waals surface area (Å²) in [6.07, 6.45) is 0.374. The molecule has 0 saturated carbocycles. The summed E-state index contributed by atoms with van der Waals surface area (Å²) >= 11 is 0. The molecule has 2 aromatic carbocycles. The normalized spacial score (nSPS) is 14.0. The number of amides is 2. The van der Waals surface area contributed by atoms with E-state index in [1.807, 2.05) is 57.2 Å². The predicted octanol–water partition coefficient (Wildman–Crippen LogP) is 4.95. The number of benzene rings is 2. The van der Waals surface area contributed by atoms with Crippen molar-refractivity contribution in [3.63, 3.8) is 0 Å². The molecular weight excluding hydrogens is 444 g/mol. The Morgan fingerprint density at radius 3 is 2.00 bits per heavy atom. The van der Waals surface area contributed by atoms with E-state index in [1.165, 1.54) is 0 Å². The van der Waals surface area contributed by atoms with E-state index in [0.29, 0.717) is 12.8 Å². The quantitative estimate of drug-likeness (QED) is 0.471. The van der Waals surface area contributed by atoms with Crippen LogP contribution in [0.25, 0.3) is 11.1 Å². The van der Waals surface area contributed by atoms with Crippen LogP contribution in [-0.4, -0.2) is 42.3 Å². The summed E-state index contributed by atoms with van der Waals surface area (Å²) in [7, 11) is 0. The SMILES string of the molecule is CC(C)(C)CCC(NC(=O)C(C)(C)CNC(=O)OCC1c2ccccc2-c2ccccc21)C(=O)O. The zero-order chi connectivity index (χ0) is 25.8. The molecule has 35 heavy (non-hydrogen) atoms. The minimum atomic E-state index is -1.07. The maximum Gasteiger partial charge on any atom is 0.407 e. The summed E-state index contributed by atoms with van der Waals surface area (Å²) in [6.45, 7) is 9.59. The first-order valence-corrected chi connectivity index (χ1v) is 12.0. The third-order valence-corrected chi connectivity index (χ3v) is 6.42. The second-order valence-electron chi connectivity index (χ2n) is 11.0. The number of carbonyl (C=O) groups is 3. The molecule has 3 rings (SSSR count). The van der Waals surface area contributed by atoms with E-state index >= 15 is 0 Å². The van der Waals surface area contributed by atoms with Crippen molar-refractivity contribution in [3.05, 3.63) is 59.7 Å². The Kier molecular flexibility index (Phi) is 7.88. The summed E-state index contributed by atoms with van der Waals surface area (Å²) in [5, 5.41) is 14.8. The van der Waals surface area contributed by atoms with Crippen molar-refractivity contribution in [1.29, 1.82) is 0 Å². The molecule has 1 aliphatic rings. The van der Waals surface area contributed by atoms with Crippen molar-refractivity contribution in [3.8, 4) is 11.1 Å². The molecule has 1 atom stereocenters. The molecule has 0 aromatic heterocycles. The van der Waals surface area contributed by atoms with E-state index in [2.05, 4.69) is 22.8 Å². The highest BCUT2D eigenvalue weighted by molar-refractivity contribution is 5.87. The van der Waals surface area contributed by atoms with E-state index in [-0.39, 0.29) is 24.5 Å². The Bertz CT molecular complexity index is 1040. The fraction of sp³-hybridized carbons (Fsp3) is 0.464. The molecule has 3 N–H and O–H groups in total. The number of hydrogen-bond acceptors (Lipinski definition) is 4. The fourth-order valence-corrected chi connectivity index (χ4v) is 4.21. The second-order valence-corrected chi connectivity index (χ2v) is 11.0. The molecule has 2 amide bonds. The van der Waals surface area contributed by atoms with Gasteiger partial charge in [0, 0.05) is 12.5 Å². The van der Waals surface area contributed by atoms with Gasteiger partial charge in [-0.1, -0.05) is 69.3 Å². The van der Waals surface area contributed by atoms with Crippen LogP contribution < -0.4 is 10.6 Å². The number of carbonyl (C=O) groups excluding carboxylic acids is 2. The topological polar surface area (TPSA) is 105 Å². The smallest absolute Gasteiger partial charge is 0.407 e. The van der Waals surface area contributed by atoms with Gasteiger partial charge in [0.1, 0.15) is 12.6 Å². The van der Waals surface area contributed by atoms with Gasteiger partial charge in [-0.3, -0.25) is 4.79 Å². The largest absolute Gasteiger partial charge is 0.480 e. The summed E-state index contributed by atoms with van der Waals surface area (Å²) in [5.41, 5.74) is 3.48. The van der Waals surface area contributed by atoms with E-state index in [4.69, 9.17) is 4.74 Å². The van der Waals surface area contributed by atoms with Crippen molar-refractivity contribution in [2.75, 3.05) is 13.2 Å². The number of rotatable bonds is 9. The Hall–Kier alpha value is -3.35. The molecule has 0 fully saturated rings. The van der Waals surface area contributed by atoms with Gasteiger partial charge in [0.25, 0.3) is 0 Å². The van der Waals surface area contributed by atoms with Crippen LogP contribution in [0.5, 0.6) is 0 Å². The summed E-state index contributed by atoms with van der Waals surface area (Å²) in [6, 6.07) is 15.2. The molecule has 2 aromatic rings. The number of fused-ring (bicyclic) bond motifs is 3. The van der Waals surface area contributed by atoms with E-state index < -0.39 is 29.4 Å². The van der Waals surface area contributed by atoms with E-state index in [0.717, 1.165) is 22.3 Å².